The second kappa shape index (κ2) is 3.19. The van der Waals surface area contributed by atoms with Crippen molar-refractivity contribution < 1.29 is 0 Å². The van der Waals surface area contributed by atoms with Gasteiger partial charge in [-0.25, -0.2) is 0 Å². The molecule has 2 nitrogen and oxygen atoms in total. The van der Waals surface area contributed by atoms with Crippen LogP contribution in [0.2, 0.25) is 10.0 Å². The SMILES string of the molecule is NCc1cncc(Cl)c1Cl. The predicted molar refractivity (Wildman–Crippen MR) is 42.1 cm³/mol. The van der Waals surface area contributed by atoms with E-state index in [4.69, 9.17) is 28.9 Å². The molecule has 0 unspecified atom stereocenters. The van der Waals surface area contributed by atoms with Gasteiger partial charge in [0.15, 0.2) is 0 Å². The maximum atomic E-state index is 5.74. The van der Waals surface area contributed by atoms with Gasteiger partial charge in [-0.15, -0.1) is 0 Å². The summed E-state index contributed by atoms with van der Waals surface area (Å²) in [5.74, 6) is 0. The van der Waals surface area contributed by atoms with Crippen LogP contribution < -0.4 is 5.73 Å². The zero-order valence-corrected chi connectivity index (χ0v) is 6.65. The summed E-state index contributed by atoms with van der Waals surface area (Å²) < 4.78 is 0. The fourth-order valence-electron chi connectivity index (χ4n) is 0.602. The second-order valence-corrected chi connectivity index (χ2v) is 2.58. The van der Waals surface area contributed by atoms with E-state index in [0.29, 0.717) is 16.6 Å². The molecule has 0 amide bonds. The number of nitrogens with zero attached hydrogens (tertiary/aromatic N) is 1. The number of aromatic nitrogens is 1. The lowest BCUT2D eigenvalue weighted by atomic mass is 10.3. The molecule has 1 aromatic heterocycles. The summed E-state index contributed by atoms with van der Waals surface area (Å²) in [6.07, 6.45) is 3.09. The number of halogens is 2. The number of pyridine rings is 1. The molecule has 0 saturated heterocycles. The Hall–Kier alpha value is -0.310. The van der Waals surface area contributed by atoms with Crippen molar-refractivity contribution in [3.63, 3.8) is 0 Å². The van der Waals surface area contributed by atoms with Gasteiger partial charge in [0, 0.05) is 24.5 Å². The largest absolute Gasteiger partial charge is 0.326 e. The van der Waals surface area contributed by atoms with Gasteiger partial charge in [0.25, 0.3) is 0 Å². The smallest absolute Gasteiger partial charge is 0.0778 e. The summed E-state index contributed by atoms with van der Waals surface area (Å²) in [4.78, 5) is 3.82. The van der Waals surface area contributed by atoms with E-state index >= 15 is 0 Å². The van der Waals surface area contributed by atoms with Crippen LogP contribution in [-0.2, 0) is 6.54 Å². The molecule has 0 aliphatic heterocycles. The normalized spacial score (nSPS) is 9.90. The number of rotatable bonds is 1. The molecule has 0 atom stereocenters. The van der Waals surface area contributed by atoms with Gasteiger partial charge in [0.2, 0.25) is 0 Å². The minimum atomic E-state index is 0.367. The Bertz CT molecular complexity index is 237. The molecule has 0 spiro atoms. The molecule has 0 saturated carbocycles. The number of hydrogen-bond donors (Lipinski definition) is 1. The maximum absolute atomic E-state index is 5.74. The summed E-state index contributed by atoms with van der Waals surface area (Å²) in [5, 5.41) is 0.948. The summed E-state index contributed by atoms with van der Waals surface area (Å²) in [5.41, 5.74) is 6.11. The third-order valence-corrected chi connectivity index (χ3v) is 1.96. The van der Waals surface area contributed by atoms with Crippen LogP contribution in [0.3, 0.4) is 0 Å². The van der Waals surface area contributed by atoms with Crippen molar-refractivity contribution >= 4 is 23.2 Å². The number of nitrogens with two attached hydrogens (primary N) is 1. The Labute approximate surface area is 69.0 Å². The molecule has 1 rings (SSSR count). The van der Waals surface area contributed by atoms with Gasteiger partial charge in [-0.3, -0.25) is 4.98 Å². The molecule has 0 bridgehead atoms. The molecule has 1 aromatic rings. The highest BCUT2D eigenvalue weighted by molar-refractivity contribution is 6.42. The quantitative estimate of drug-likeness (QED) is 0.710. The predicted octanol–water partition coefficient (Wildman–Crippen LogP) is 1.85. The third kappa shape index (κ3) is 1.40. The monoisotopic (exact) mass is 176 g/mol. The van der Waals surface area contributed by atoms with Crippen LogP contribution in [0.4, 0.5) is 0 Å². The van der Waals surface area contributed by atoms with Crippen LogP contribution in [0, 0.1) is 0 Å². The first-order chi connectivity index (χ1) is 4.75. The number of hydrogen-bond acceptors (Lipinski definition) is 2. The van der Waals surface area contributed by atoms with E-state index in [1.165, 1.54) is 6.20 Å². The van der Waals surface area contributed by atoms with Crippen molar-refractivity contribution in [3.05, 3.63) is 28.0 Å². The Morgan fingerprint density at radius 2 is 2.10 bits per heavy atom. The third-order valence-electron chi connectivity index (χ3n) is 1.13. The lowest BCUT2D eigenvalue weighted by Crippen LogP contribution is -1.97. The van der Waals surface area contributed by atoms with Crippen LogP contribution in [-0.4, -0.2) is 4.98 Å². The zero-order chi connectivity index (χ0) is 7.56. The van der Waals surface area contributed by atoms with Crippen molar-refractivity contribution in [2.24, 2.45) is 5.73 Å². The first-order valence-corrected chi connectivity index (χ1v) is 3.49. The van der Waals surface area contributed by atoms with Gasteiger partial charge in [0.1, 0.15) is 0 Å². The minimum Gasteiger partial charge on any atom is -0.326 e. The lowest BCUT2D eigenvalue weighted by molar-refractivity contribution is 1.05. The van der Waals surface area contributed by atoms with Crippen molar-refractivity contribution in [2.75, 3.05) is 0 Å². The summed E-state index contributed by atoms with van der Waals surface area (Å²) >= 11 is 11.4. The Kier molecular flexibility index (Phi) is 2.49. The topological polar surface area (TPSA) is 38.9 Å². The second-order valence-electron chi connectivity index (χ2n) is 1.80. The van der Waals surface area contributed by atoms with Crippen LogP contribution in [0.25, 0.3) is 0 Å². The standard InChI is InChI=1S/C6H6Cl2N2/c7-5-3-10-2-4(1-9)6(5)8/h2-3H,1,9H2. The van der Waals surface area contributed by atoms with E-state index in [2.05, 4.69) is 4.98 Å². The van der Waals surface area contributed by atoms with Gasteiger partial charge in [-0.1, -0.05) is 23.2 Å². The van der Waals surface area contributed by atoms with E-state index in [-0.39, 0.29) is 0 Å². The van der Waals surface area contributed by atoms with E-state index < -0.39 is 0 Å². The molecule has 0 aliphatic rings. The summed E-state index contributed by atoms with van der Waals surface area (Å²) in [6, 6.07) is 0. The summed E-state index contributed by atoms with van der Waals surface area (Å²) in [6.45, 7) is 0.367. The minimum absolute atomic E-state index is 0.367. The van der Waals surface area contributed by atoms with E-state index in [1.54, 1.807) is 6.20 Å². The summed E-state index contributed by atoms with van der Waals surface area (Å²) in [7, 11) is 0. The fourth-order valence-corrected chi connectivity index (χ4v) is 0.954. The van der Waals surface area contributed by atoms with Gasteiger partial charge in [0.05, 0.1) is 10.0 Å². The molecule has 4 heteroatoms. The van der Waals surface area contributed by atoms with Gasteiger partial charge in [-0.2, -0.15) is 0 Å². The van der Waals surface area contributed by atoms with Gasteiger partial charge in [-0.05, 0) is 0 Å². The van der Waals surface area contributed by atoms with Crippen LogP contribution >= 0.6 is 23.2 Å². The Morgan fingerprint density at radius 1 is 1.40 bits per heavy atom. The molecule has 2 N–H and O–H groups in total. The molecule has 0 aromatic carbocycles. The average molecular weight is 177 g/mol. The molecule has 0 aliphatic carbocycles. The first kappa shape index (κ1) is 7.79. The molecule has 0 fully saturated rings. The molecule has 0 radical (unpaired) electrons. The highest BCUT2D eigenvalue weighted by Gasteiger charge is 2.01. The van der Waals surface area contributed by atoms with Crippen LogP contribution in [0.1, 0.15) is 5.56 Å². The van der Waals surface area contributed by atoms with E-state index in [1.807, 2.05) is 0 Å². The van der Waals surface area contributed by atoms with E-state index in [9.17, 15) is 0 Å². The van der Waals surface area contributed by atoms with Gasteiger partial charge >= 0.3 is 0 Å². The molecule has 54 valence electrons. The average Bonchev–Trinajstić information content (AvgIpc) is 1.95. The highest BCUT2D eigenvalue weighted by Crippen LogP contribution is 2.23. The Balaban J connectivity index is 3.14. The molecular weight excluding hydrogens is 171 g/mol. The molecule has 10 heavy (non-hydrogen) atoms. The highest BCUT2D eigenvalue weighted by atomic mass is 35.5. The molecule has 1 heterocycles. The van der Waals surface area contributed by atoms with Crippen LogP contribution in [0.15, 0.2) is 12.4 Å². The maximum Gasteiger partial charge on any atom is 0.0778 e. The van der Waals surface area contributed by atoms with Crippen molar-refractivity contribution in [3.8, 4) is 0 Å². The van der Waals surface area contributed by atoms with Crippen LogP contribution in [0.5, 0.6) is 0 Å². The Morgan fingerprint density at radius 3 is 2.60 bits per heavy atom. The lowest BCUT2D eigenvalue weighted by Gasteiger charge is -1.99. The van der Waals surface area contributed by atoms with Crippen molar-refractivity contribution in [2.45, 2.75) is 6.54 Å². The van der Waals surface area contributed by atoms with E-state index in [0.717, 1.165) is 5.56 Å². The van der Waals surface area contributed by atoms with Gasteiger partial charge < -0.3 is 5.73 Å². The molecular formula is C6H6Cl2N2. The fraction of sp³-hybridized carbons (Fsp3) is 0.167. The first-order valence-electron chi connectivity index (χ1n) is 2.73. The van der Waals surface area contributed by atoms with Crippen molar-refractivity contribution in [1.29, 1.82) is 0 Å². The zero-order valence-electron chi connectivity index (χ0n) is 5.14. The van der Waals surface area contributed by atoms with Crippen molar-refractivity contribution in [1.82, 2.24) is 4.98 Å².